The van der Waals surface area contributed by atoms with Gasteiger partial charge >= 0.3 is 6.18 Å². The predicted octanol–water partition coefficient (Wildman–Crippen LogP) is 2.30. The van der Waals surface area contributed by atoms with Gasteiger partial charge in [0.15, 0.2) is 0 Å². The molecule has 2 N–H and O–H groups in total. The van der Waals surface area contributed by atoms with Gasteiger partial charge in [0, 0.05) is 17.8 Å². The Bertz CT molecular complexity index is 553. The number of aromatic nitrogens is 2. The first-order chi connectivity index (χ1) is 10.4. The van der Waals surface area contributed by atoms with E-state index in [9.17, 15) is 23.1 Å². The fourth-order valence-corrected chi connectivity index (χ4v) is 2.39. The van der Waals surface area contributed by atoms with E-state index in [1.54, 1.807) is 13.8 Å². The fourth-order valence-electron chi connectivity index (χ4n) is 2.39. The highest BCUT2D eigenvalue weighted by Crippen LogP contribution is 2.26. The van der Waals surface area contributed by atoms with Crippen LogP contribution in [0.5, 0.6) is 0 Å². The van der Waals surface area contributed by atoms with Gasteiger partial charge in [-0.15, -0.1) is 0 Å². The summed E-state index contributed by atoms with van der Waals surface area (Å²) < 4.78 is 38.5. The SMILES string of the molecule is Cc1nn(CC(F)(F)F)c(C)c1C(C)C(=O)NCC(O)C(C)C. The second-order valence-corrected chi connectivity index (χ2v) is 6.14. The van der Waals surface area contributed by atoms with Gasteiger partial charge < -0.3 is 10.4 Å². The largest absolute Gasteiger partial charge is 0.408 e. The van der Waals surface area contributed by atoms with Crippen LogP contribution in [-0.4, -0.2) is 39.6 Å². The van der Waals surface area contributed by atoms with Crippen molar-refractivity contribution in [2.24, 2.45) is 5.92 Å². The Morgan fingerprint density at radius 1 is 1.30 bits per heavy atom. The fraction of sp³-hybridized carbons (Fsp3) is 0.733. The molecule has 1 amide bonds. The molecule has 2 atom stereocenters. The number of rotatable bonds is 6. The van der Waals surface area contributed by atoms with E-state index in [0.717, 1.165) is 4.68 Å². The molecule has 0 aromatic carbocycles. The molecule has 0 fully saturated rings. The van der Waals surface area contributed by atoms with Crippen molar-refractivity contribution in [1.82, 2.24) is 15.1 Å². The monoisotopic (exact) mass is 335 g/mol. The lowest BCUT2D eigenvalue weighted by molar-refractivity contribution is -0.143. The average molecular weight is 335 g/mol. The highest BCUT2D eigenvalue weighted by molar-refractivity contribution is 5.83. The van der Waals surface area contributed by atoms with Crippen LogP contribution >= 0.6 is 0 Å². The van der Waals surface area contributed by atoms with Crippen LogP contribution in [0.2, 0.25) is 0 Å². The third-order valence-corrected chi connectivity index (χ3v) is 3.85. The molecule has 1 rings (SSSR count). The van der Waals surface area contributed by atoms with Crippen molar-refractivity contribution in [1.29, 1.82) is 0 Å². The van der Waals surface area contributed by atoms with Gasteiger partial charge in [-0.25, -0.2) is 0 Å². The molecule has 1 aromatic heterocycles. The lowest BCUT2D eigenvalue weighted by atomic mass is 9.98. The summed E-state index contributed by atoms with van der Waals surface area (Å²) in [6, 6.07) is 0. The smallest absolute Gasteiger partial charge is 0.391 e. The van der Waals surface area contributed by atoms with Crippen molar-refractivity contribution in [3.63, 3.8) is 0 Å². The molecule has 0 aliphatic carbocycles. The molecule has 0 saturated heterocycles. The van der Waals surface area contributed by atoms with Gasteiger partial charge in [-0.3, -0.25) is 9.48 Å². The van der Waals surface area contributed by atoms with Crippen LogP contribution in [0.3, 0.4) is 0 Å². The van der Waals surface area contributed by atoms with E-state index < -0.39 is 24.7 Å². The Labute approximate surface area is 133 Å². The number of hydrogen-bond donors (Lipinski definition) is 2. The van der Waals surface area contributed by atoms with E-state index in [4.69, 9.17) is 0 Å². The molecule has 2 unspecified atom stereocenters. The highest BCUT2D eigenvalue weighted by atomic mass is 19.4. The number of alkyl halides is 3. The zero-order valence-electron chi connectivity index (χ0n) is 14.0. The molecule has 0 aliphatic heterocycles. The maximum atomic E-state index is 12.5. The topological polar surface area (TPSA) is 67.2 Å². The van der Waals surface area contributed by atoms with Gasteiger partial charge in [-0.1, -0.05) is 13.8 Å². The van der Waals surface area contributed by atoms with E-state index in [0.29, 0.717) is 17.0 Å². The van der Waals surface area contributed by atoms with E-state index >= 15 is 0 Å². The number of nitrogens with one attached hydrogen (secondary N) is 1. The number of halogens is 3. The van der Waals surface area contributed by atoms with Gasteiger partial charge in [-0.2, -0.15) is 18.3 Å². The van der Waals surface area contributed by atoms with Crippen molar-refractivity contribution in [3.05, 3.63) is 17.0 Å². The number of nitrogens with zero attached hydrogens (tertiary/aromatic N) is 2. The van der Waals surface area contributed by atoms with Crippen LogP contribution in [0.25, 0.3) is 0 Å². The maximum Gasteiger partial charge on any atom is 0.408 e. The first kappa shape index (κ1) is 19.5. The summed E-state index contributed by atoms with van der Waals surface area (Å²) >= 11 is 0. The summed E-state index contributed by atoms with van der Waals surface area (Å²) in [7, 11) is 0. The molecular weight excluding hydrogens is 311 g/mol. The zero-order chi connectivity index (χ0) is 17.9. The second-order valence-electron chi connectivity index (χ2n) is 6.14. The summed E-state index contributed by atoms with van der Waals surface area (Å²) in [6.07, 6.45) is -5.03. The molecule has 0 spiro atoms. The van der Waals surface area contributed by atoms with Crippen LogP contribution in [0.1, 0.15) is 43.6 Å². The lowest BCUT2D eigenvalue weighted by Crippen LogP contribution is -2.37. The van der Waals surface area contributed by atoms with Gasteiger partial charge in [0.2, 0.25) is 5.91 Å². The molecule has 0 aliphatic rings. The van der Waals surface area contributed by atoms with Crippen molar-refractivity contribution in [2.45, 2.75) is 59.4 Å². The molecule has 1 heterocycles. The van der Waals surface area contributed by atoms with Crippen molar-refractivity contribution < 1.29 is 23.1 Å². The van der Waals surface area contributed by atoms with E-state index in [1.807, 2.05) is 13.8 Å². The third-order valence-electron chi connectivity index (χ3n) is 3.85. The highest BCUT2D eigenvalue weighted by Gasteiger charge is 2.31. The number of aliphatic hydroxyl groups excluding tert-OH is 1. The predicted molar refractivity (Wildman–Crippen MR) is 80.0 cm³/mol. The minimum atomic E-state index is -4.37. The van der Waals surface area contributed by atoms with Crippen molar-refractivity contribution in [3.8, 4) is 0 Å². The molecule has 23 heavy (non-hydrogen) atoms. The van der Waals surface area contributed by atoms with Crippen LogP contribution in [0.15, 0.2) is 0 Å². The van der Waals surface area contributed by atoms with Gasteiger partial charge in [0.05, 0.1) is 17.7 Å². The standard InChI is InChI=1S/C15H24F3N3O2/c1-8(2)12(22)6-19-14(23)9(3)13-10(4)20-21(11(13)5)7-15(16,17)18/h8-9,12,22H,6-7H2,1-5H3,(H,19,23). The van der Waals surface area contributed by atoms with Crippen LogP contribution in [-0.2, 0) is 11.3 Å². The Morgan fingerprint density at radius 3 is 2.35 bits per heavy atom. The van der Waals surface area contributed by atoms with Crippen molar-refractivity contribution in [2.75, 3.05) is 6.54 Å². The molecule has 5 nitrogen and oxygen atoms in total. The Hall–Kier alpha value is -1.57. The number of carbonyl (C=O) groups is 1. The maximum absolute atomic E-state index is 12.5. The summed E-state index contributed by atoms with van der Waals surface area (Å²) in [5, 5.41) is 16.2. The Morgan fingerprint density at radius 2 is 1.87 bits per heavy atom. The molecule has 132 valence electrons. The number of carbonyl (C=O) groups excluding carboxylic acids is 1. The molecular formula is C15H24F3N3O2. The summed E-state index contributed by atoms with van der Waals surface area (Å²) in [4.78, 5) is 12.2. The molecule has 1 aromatic rings. The quantitative estimate of drug-likeness (QED) is 0.838. The normalized spacial score (nSPS) is 14.9. The number of aryl methyl sites for hydroxylation is 1. The van der Waals surface area contributed by atoms with Gasteiger partial charge in [0.25, 0.3) is 0 Å². The van der Waals surface area contributed by atoms with E-state index in [-0.39, 0.29) is 18.4 Å². The number of hydrogen-bond acceptors (Lipinski definition) is 3. The van der Waals surface area contributed by atoms with Crippen LogP contribution in [0.4, 0.5) is 13.2 Å². The van der Waals surface area contributed by atoms with E-state index in [2.05, 4.69) is 10.4 Å². The first-order valence-electron chi connectivity index (χ1n) is 7.50. The molecule has 0 saturated carbocycles. The summed E-state index contributed by atoms with van der Waals surface area (Å²) in [6.45, 7) is 7.31. The summed E-state index contributed by atoms with van der Waals surface area (Å²) in [5.41, 5.74) is 1.22. The molecule has 8 heteroatoms. The average Bonchev–Trinajstić information content (AvgIpc) is 2.67. The Kier molecular flexibility index (Phi) is 6.21. The summed E-state index contributed by atoms with van der Waals surface area (Å²) in [5.74, 6) is -0.984. The first-order valence-corrected chi connectivity index (χ1v) is 7.50. The molecule has 0 radical (unpaired) electrons. The number of aliphatic hydroxyl groups is 1. The second kappa shape index (κ2) is 7.33. The van der Waals surface area contributed by atoms with Crippen molar-refractivity contribution >= 4 is 5.91 Å². The zero-order valence-corrected chi connectivity index (χ0v) is 14.0. The minimum absolute atomic E-state index is 0.00335. The van der Waals surface area contributed by atoms with Gasteiger partial charge in [-0.05, 0) is 26.7 Å². The lowest BCUT2D eigenvalue weighted by Gasteiger charge is -2.18. The Balaban J connectivity index is 2.87. The third kappa shape index (κ3) is 5.23. The molecule has 0 bridgehead atoms. The van der Waals surface area contributed by atoms with Crippen LogP contribution < -0.4 is 5.32 Å². The minimum Gasteiger partial charge on any atom is -0.391 e. The van der Waals surface area contributed by atoms with Gasteiger partial charge in [0.1, 0.15) is 6.54 Å². The van der Waals surface area contributed by atoms with E-state index in [1.165, 1.54) is 6.92 Å². The van der Waals surface area contributed by atoms with Crippen LogP contribution in [0, 0.1) is 19.8 Å². The number of amides is 1.